The summed E-state index contributed by atoms with van der Waals surface area (Å²) < 4.78 is 11.2. The molecule has 2 unspecified atom stereocenters. The molecule has 0 saturated carbocycles. The number of halogens is 1. The molecule has 3 heterocycles. The van der Waals surface area contributed by atoms with Crippen molar-refractivity contribution in [1.29, 1.82) is 0 Å². The van der Waals surface area contributed by atoms with E-state index in [-0.39, 0.29) is 24.0 Å². The molecule has 3 aliphatic rings. The Bertz CT molecular complexity index is 449. The maximum absolute atomic E-state index is 5.68. The molecule has 26 heavy (non-hydrogen) atoms. The van der Waals surface area contributed by atoms with Crippen LogP contribution in [0, 0.1) is 11.3 Å². The van der Waals surface area contributed by atoms with Crippen molar-refractivity contribution in [2.24, 2.45) is 16.3 Å². The highest BCUT2D eigenvalue weighted by atomic mass is 127. The maximum Gasteiger partial charge on any atom is 0.193 e. The fourth-order valence-corrected chi connectivity index (χ4v) is 4.23. The van der Waals surface area contributed by atoms with Gasteiger partial charge < -0.3 is 19.7 Å². The Morgan fingerprint density at radius 1 is 1.19 bits per heavy atom. The van der Waals surface area contributed by atoms with E-state index >= 15 is 0 Å². The molecule has 0 aliphatic carbocycles. The Balaban J connectivity index is 0.00000243. The van der Waals surface area contributed by atoms with Crippen LogP contribution in [0.25, 0.3) is 0 Å². The lowest BCUT2D eigenvalue weighted by molar-refractivity contribution is 0.00364. The van der Waals surface area contributed by atoms with E-state index in [0.717, 1.165) is 78.1 Å². The molecule has 0 amide bonds. The molecule has 3 aliphatic heterocycles. The quantitative estimate of drug-likeness (QED) is 0.371. The number of hydrogen-bond acceptors (Lipinski definition) is 4. The minimum atomic E-state index is 0. The van der Waals surface area contributed by atoms with Crippen LogP contribution in [-0.4, -0.2) is 87.5 Å². The minimum absolute atomic E-state index is 0. The number of aliphatic imine (C=N–C) groups is 1. The summed E-state index contributed by atoms with van der Waals surface area (Å²) in [4.78, 5) is 10.1. The third-order valence-electron chi connectivity index (χ3n) is 5.76. The third-order valence-corrected chi connectivity index (χ3v) is 5.76. The van der Waals surface area contributed by atoms with Gasteiger partial charge in [-0.1, -0.05) is 13.8 Å². The summed E-state index contributed by atoms with van der Waals surface area (Å²) >= 11 is 0. The second kappa shape index (κ2) is 10.4. The van der Waals surface area contributed by atoms with Crippen LogP contribution in [0.15, 0.2) is 4.99 Å². The number of morpholine rings is 1. The van der Waals surface area contributed by atoms with Crippen LogP contribution < -0.4 is 5.32 Å². The van der Waals surface area contributed by atoms with Gasteiger partial charge in [0.1, 0.15) is 0 Å². The zero-order valence-corrected chi connectivity index (χ0v) is 19.0. The third kappa shape index (κ3) is 5.94. The first-order valence-electron chi connectivity index (χ1n) is 10.0. The molecule has 0 bridgehead atoms. The summed E-state index contributed by atoms with van der Waals surface area (Å²) in [6.07, 6.45) is 2.39. The SMILES string of the molecule is CCNC(=NCC(C1CCOC1)N1CCOCC1)N1CCC(C)(C)C1.I. The molecule has 3 rings (SSSR count). The van der Waals surface area contributed by atoms with Crippen LogP contribution in [-0.2, 0) is 9.47 Å². The van der Waals surface area contributed by atoms with E-state index in [1.807, 2.05) is 0 Å². The predicted octanol–water partition coefficient (Wildman–Crippen LogP) is 2.04. The number of guanidine groups is 1. The zero-order chi connectivity index (χ0) is 17.7. The predicted molar refractivity (Wildman–Crippen MR) is 116 cm³/mol. The lowest BCUT2D eigenvalue weighted by Gasteiger charge is -2.37. The lowest BCUT2D eigenvalue weighted by atomic mass is 9.93. The van der Waals surface area contributed by atoms with Crippen LogP contribution in [0.1, 0.15) is 33.6 Å². The monoisotopic (exact) mass is 480 g/mol. The van der Waals surface area contributed by atoms with Gasteiger partial charge in [0.05, 0.1) is 26.4 Å². The maximum atomic E-state index is 5.68. The average molecular weight is 480 g/mol. The fraction of sp³-hybridized carbons (Fsp3) is 0.947. The first kappa shape index (κ1) is 22.2. The molecule has 3 fully saturated rings. The number of hydrogen-bond donors (Lipinski definition) is 1. The molecular weight excluding hydrogens is 443 g/mol. The number of rotatable bonds is 5. The molecule has 0 aromatic heterocycles. The smallest absolute Gasteiger partial charge is 0.193 e. The normalized spacial score (nSPS) is 28.0. The van der Waals surface area contributed by atoms with Crippen LogP contribution in [0.4, 0.5) is 0 Å². The first-order chi connectivity index (χ1) is 12.1. The molecule has 0 aromatic rings. The van der Waals surface area contributed by atoms with Crippen molar-refractivity contribution in [3.8, 4) is 0 Å². The van der Waals surface area contributed by atoms with Gasteiger partial charge in [0.2, 0.25) is 0 Å². The molecule has 0 radical (unpaired) electrons. The van der Waals surface area contributed by atoms with Crippen molar-refractivity contribution in [1.82, 2.24) is 15.1 Å². The molecule has 3 saturated heterocycles. The van der Waals surface area contributed by atoms with E-state index in [1.165, 1.54) is 6.42 Å². The highest BCUT2D eigenvalue weighted by molar-refractivity contribution is 14.0. The van der Waals surface area contributed by atoms with Gasteiger partial charge >= 0.3 is 0 Å². The molecule has 152 valence electrons. The van der Waals surface area contributed by atoms with E-state index in [4.69, 9.17) is 14.5 Å². The van der Waals surface area contributed by atoms with E-state index in [9.17, 15) is 0 Å². The van der Waals surface area contributed by atoms with Crippen LogP contribution >= 0.6 is 24.0 Å². The Hall–Kier alpha value is -0.120. The standard InChI is InChI=1S/C19H36N4O2.HI/c1-4-20-18(23-7-6-19(2,3)15-23)21-13-17(16-5-10-25-14-16)22-8-11-24-12-9-22;/h16-17H,4-15H2,1-3H3,(H,20,21);1H. The number of nitrogens with one attached hydrogen (secondary N) is 1. The minimum Gasteiger partial charge on any atom is -0.381 e. The van der Waals surface area contributed by atoms with Crippen molar-refractivity contribution in [2.75, 3.05) is 65.7 Å². The summed E-state index contributed by atoms with van der Waals surface area (Å²) in [7, 11) is 0. The van der Waals surface area contributed by atoms with Crippen LogP contribution in [0.3, 0.4) is 0 Å². The molecule has 7 heteroatoms. The topological polar surface area (TPSA) is 49.3 Å². The van der Waals surface area contributed by atoms with Gasteiger partial charge in [-0.2, -0.15) is 0 Å². The zero-order valence-electron chi connectivity index (χ0n) is 16.7. The van der Waals surface area contributed by atoms with Crippen molar-refractivity contribution in [3.05, 3.63) is 0 Å². The molecule has 1 N–H and O–H groups in total. The van der Waals surface area contributed by atoms with Gasteiger partial charge in [-0.05, 0) is 25.2 Å². The Morgan fingerprint density at radius 3 is 2.54 bits per heavy atom. The van der Waals surface area contributed by atoms with Gasteiger partial charge in [0, 0.05) is 51.3 Å². The number of nitrogens with zero attached hydrogens (tertiary/aromatic N) is 3. The average Bonchev–Trinajstić information content (AvgIpc) is 3.25. The van der Waals surface area contributed by atoms with E-state index in [0.29, 0.717) is 17.4 Å². The largest absolute Gasteiger partial charge is 0.381 e. The van der Waals surface area contributed by atoms with E-state index < -0.39 is 0 Å². The molecular formula is C19H37IN4O2. The van der Waals surface area contributed by atoms with Crippen molar-refractivity contribution in [2.45, 2.75) is 39.7 Å². The number of likely N-dealkylation sites (tertiary alicyclic amines) is 1. The highest BCUT2D eigenvalue weighted by Gasteiger charge is 2.33. The second-order valence-electron chi connectivity index (χ2n) is 8.37. The van der Waals surface area contributed by atoms with Crippen LogP contribution in [0.5, 0.6) is 0 Å². The highest BCUT2D eigenvalue weighted by Crippen LogP contribution is 2.29. The molecule has 2 atom stereocenters. The van der Waals surface area contributed by atoms with Gasteiger partial charge in [-0.15, -0.1) is 24.0 Å². The number of ether oxygens (including phenoxy) is 2. The van der Waals surface area contributed by atoms with E-state index in [1.54, 1.807) is 0 Å². The fourth-order valence-electron chi connectivity index (χ4n) is 4.23. The van der Waals surface area contributed by atoms with E-state index in [2.05, 4.69) is 35.9 Å². The first-order valence-corrected chi connectivity index (χ1v) is 10.0. The summed E-state index contributed by atoms with van der Waals surface area (Å²) in [6.45, 7) is 16.3. The van der Waals surface area contributed by atoms with Gasteiger partial charge in [0.15, 0.2) is 5.96 Å². The summed E-state index contributed by atoms with van der Waals surface area (Å²) in [5.74, 6) is 1.69. The van der Waals surface area contributed by atoms with Crippen molar-refractivity contribution >= 4 is 29.9 Å². The Kier molecular flexibility index (Phi) is 8.90. The van der Waals surface area contributed by atoms with Crippen molar-refractivity contribution < 1.29 is 9.47 Å². The van der Waals surface area contributed by atoms with Gasteiger partial charge in [-0.25, -0.2) is 0 Å². The van der Waals surface area contributed by atoms with Crippen LogP contribution in [0.2, 0.25) is 0 Å². The summed E-state index contributed by atoms with van der Waals surface area (Å²) in [5.41, 5.74) is 0.388. The van der Waals surface area contributed by atoms with Crippen molar-refractivity contribution in [3.63, 3.8) is 0 Å². The summed E-state index contributed by atoms with van der Waals surface area (Å²) in [5, 5.41) is 3.51. The Labute approximate surface area is 176 Å². The second-order valence-corrected chi connectivity index (χ2v) is 8.37. The molecule has 0 spiro atoms. The Morgan fingerprint density at radius 2 is 1.96 bits per heavy atom. The van der Waals surface area contributed by atoms with Gasteiger partial charge in [0.25, 0.3) is 0 Å². The molecule has 0 aromatic carbocycles. The lowest BCUT2D eigenvalue weighted by Crippen LogP contribution is -2.49. The molecule has 6 nitrogen and oxygen atoms in total. The summed E-state index contributed by atoms with van der Waals surface area (Å²) in [6, 6.07) is 0.468. The van der Waals surface area contributed by atoms with Gasteiger partial charge in [-0.3, -0.25) is 9.89 Å².